The van der Waals surface area contributed by atoms with E-state index in [0.29, 0.717) is 11.2 Å². The Morgan fingerprint density at radius 2 is 2.29 bits per heavy atom. The molecule has 0 saturated carbocycles. The van der Waals surface area contributed by atoms with E-state index < -0.39 is 0 Å². The molecule has 0 unspecified atom stereocenters. The first kappa shape index (κ1) is 8.68. The van der Waals surface area contributed by atoms with E-state index in [1.807, 2.05) is 6.92 Å². The summed E-state index contributed by atoms with van der Waals surface area (Å²) in [4.78, 5) is 11.3. The molecule has 0 aliphatic rings. The number of pyridine rings is 1. The monoisotopic (exact) mass is 191 g/mol. The summed E-state index contributed by atoms with van der Waals surface area (Å²) in [6.07, 6.45) is 1.60. The Kier molecular flexibility index (Phi) is 1.92. The highest BCUT2D eigenvalue weighted by Crippen LogP contribution is 2.09. The molecule has 0 fully saturated rings. The summed E-state index contributed by atoms with van der Waals surface area (Å²) in [6.45, 7) is 1.88. The van der Waals surface area contributed by atoms with Crippen LogP contribution in [-0.2, 0) is 4.74 Å². The lowest BCUT2D eigenvalue weighted by Crippen LogP contribution is -2.03. The van der Waals surface area contributed by atoms with Gasteiger partial charge in [-0.05, 0) is 19.1 Å². The van der Waals surface area contributed by atoms with Crippen molar-refractivity contribution >= 4 is 11.6 Å². The van der Waals surface area contributed by atoms with Gasteiger partial charge in [0.2, 0.25) is 0 Å². The number of fused-ring (bicyclic) bond motifs is 1. The average Bonchev–Trinajstić information content (AvgIpc) is 2.64. The van der Waals surface area contributed by atoms with Gasteiger partial charge in [0.15, 0.2) is 5.65 Å². The van der Waals surface area contributed by atoms with Crippen LogP contribution in [0.1, 0.15) is 16.1 Å². The van der Waals surface area contributed by atoms with Gasteiger partial charge in [-0.15, -0.1) is 10.2 Å². The summed E-state index contributed by atoms with van der Waals surface area (Å²) in [7, 11) is 1.35. The van der Waals surface area contributed by atoms with Crippen LogP contribution in [0.2, 0.25) is 0 Å². The molecule has 0 saturated heterocycles. The largest absolute Gasteiger partial charge is 0.465 e. The van der Waals surface area contributed by atoms with Gasteiger partial charge in [0, 0.05) is 5.69 Å². The molecule has 0 spiro atoms. The third kappa shape index (κ3) is 1.22. The van der Waals surface area contributed by atoms with Crippen LogP contribution in [0.5, 0.6) is 0 Å². The number of hydrogen-bond donors (Lipinski definition) is 0. The SMILES string of the molecule is COC(=O)c1cc(C)n2cnnc2c1. The third-order valence-electron chi connectivity index (χ3n) is 2.02. The fraction of sp³-hybridized carbons (Fsp3) is 0.222. The van der Waals surface area contributed by atoms with Crippen molar-refractivity contribution in [3.05, 3.63) is 29.7 Å². The van der Waals surface area contributed by atoms with Gasteiger partial charge in [0.1, 0.15) is 6.33 Å². The maximum atomic E-state index is 11.3. The van der Waals surface area contributed by atoms with Crippen molar-refractivity contribution in [3.63, 3.8) is 0 Å². The first-order chi connectivity index (χ1) is 6.72. The lowest BCUT2D eigenvalue weighted by Gasteiger charge is -2.02. The molecule has 14 heavy (non-hydrogen) atoms. The first-order valence-corrected chi connectivity index (χ1v) is 4.11. The summed E-state index contributed by atoms with van der Waals surface area (Å²) >= 11 is 0. The second kappa shape index (κ2) is 3.10. The molecule has 72 valence electrons. The van der Waals surface area contributed by atoms with Crippen LogP contribution in [0.25, 0.3) is 5.65 Å². The van der Waals surface area contributed by atoms with E-state index in [1.165, 1.54) is 7.11 Å². The number of nitrogens with zero attached hydrogens (tertiary/aromatic N) is 3. The Bertz CT molecular complexity index is 490. The van der Waals surface area contributed by atoms with Gasteiger partial charge in [-0.1, -0.05) is 0 Å². The molecule has 5 nitrogen and oxygen atoms in total. The Labute approximate surface area is 80.3 Å². The van der Waals surface area contributed by atoms with Gasteiger partial charge in [0.25, 0.3) is 0 Å². The molecular weight excluding hydrogens is 182 g/mol. The zero-order chi connectivity index (χ0) is 10.1. The van der Waals surface area contributed by atoms with Crippen molar-refractivity contribution < 1.29 is 9.53 Å². The molecule has 0 aromatic carbocycles. The van der Waals surface area contributed by atoms with Crippen molar-refractivity contribution in [1.29, 1.82) is 0 Å². The summed E-state index contributed by atoms with van der Waals surface area (Å²) in [5.41, 5.74) is 2.03. The number of aromatic nitrogens is 3. The van der Waals surface area contributed by atoms with E-state index in [0.717, 1.165) is 5.69 Å². The van der Waals surface area contributed by atoms with E-state index in [9.17, 15) is 4.79 Å². The smallest absolute Gasteiger partial charge is 0.338 e. The van der Waals surface area contributed by atoms with E-state index in [4.69, 9.17) is 0 Å². The van der Waals surface area contributed by atoms with Crippen LogP contribution in [0.15, 0.2) is 18.5 Å². The zero-order valence-corrected chi connectivity index (χ0v) is 7.89. The third-order valence-corrected chi connectivity index (χ3v) is 2.02. The summed E-state index contributed by atoms with van der Waals surface area (Å²) in [6, 6.07) is 3.38. The quantitative estimate of drug-likeness (QED) is 0.626. The highest BCUT2D eigenvalue weighted by molar-refractivity contribution is 5.90. The molecule has 2 heterocycles. The molecule has 0 aliphatic heterocycles. The second-order valence-corrected chi connectivity index (χ2v) is 2.94. The van der Waals surface area contributed by atoms with Crippen molar-refractivity contribution in [2.24, 2.45) is 0 Å². The molecule has 0 N–H and O–H groups in total. The second-order valence-electron chi connectivity index (χ2n) is 2.94. The van der Waals surface area contributed by atoms with Crippen molar-refractivity contribution in [2.45, 2.75) is 6.92 Å². The normalized spacial score (nSPS) is 10.4. The van der Waals surface area contributed by atoms with Crippen LogP contribution in [0.4, 0.5) is 0 Å². The van der Waals surface area contributed by atoms with E-state index >= 15 is 0 Å². The number of hydrogen-bond acceptors (Lipinski definition) is 4. The van der Waals surface area contributed by atoms with Crippen molar-refractivity contribution in [2.75, 3.05) is 7.11 Å². The number of carbonyl (C=O) groups is 1. The highest BCUT2D eigenvalue weighted by Gasteiger charge is 2.08. The first-order valence-electron chi connectivity index (χ1n) is 4.11. The zero-order valence-electron chi connectivity index (χ0n) is 7.89. The van der Waals surface area contributed by atoms with Crippen LogP contribution in [0.3, 0.4) is 0 Å². The molecule has 2 aromatic heterocycles. The topological polar surface area (TPSA) is 56.5 Å². The van der Waals surface area contributed by atoms with Gasteiger partial charge in [-0.3, -0.25) is 4.40 Å². The molecule has 2 rings (SSSR count). The number of ether oxygens (including phenoxy) is 1. The molecule has 0 aliphatic carbocycles. The minimum atomic E-state index is -0.362. The molecule has 0 bridgehead atoms. The van der Waals surface area contributed by atoms with E-state index in [2.05, 4.69) is 14.9 Å². The Hall–Kier alpha value is -1.91. The van der Waals surface area contributed by atoms with Crippen LogP contribution in [0, 0.1) is 6.92 Å². The molecule has 0 atom stereocenters. The summed E-state index contributed by atoms with van der Waals surface area (Å²) in [5, 5.41) is 7.61. The highest BCUT2D eigenvalue weighted by atomic mass is 16.5. The molecular formula is C9H9N3O2. The van der Waals surface area contributed by atoms with Crippen LogP contribution < -0.4 is 0 Å². The Balaban J connectivity index is 2.64. The number of rotatable bonds is 1. The van der Waals surface area contributed by atoms with Crippen molar-refractivity contribution in [1.82, 2.24) is 14.6 Å². The van der Waals surface area contributed by atoms with Gasteiger partial charge in [-0.25, -0.2) is 4.79 Å². The lowest BCUT2D eigenvalue weighted by atomic mass is 10.2. The molecule has 2 aromatic rings. The Morgan fingerprint density at radius 1 is 1.50 bits per heavy atom. The maximum Gasteiger partial charge on any atom is 0.338 e. The summed E-state index contributed by atoms with van der Waals surface area (Å²) in [5.74, 6) is -0.362. The Morgan fingerprint density at radius 3 is 3.00 bits per heavy atom. The number of methoxy groups -OCH3 is 1. The lowest BCUT2D eigenvalue weighted by molar-refractivity contribution is 0.0600. The fourth-order valence-electron chi connectivity index (χ4n) is 1.33. The summed E-state index contributed by atoms with van der Waals surface area (Å²) < 4.78 is 6.42. The molecule has 5 heteroatoms. The number of carbonyl (C=O) groups excluding carboxylic acids is 1. The minimum absolute atomic E-state index is 0.362. The number of esters is 1. The molecule has 0 radical (unpaired) electrons. The van der Waals surface area contributed by atoms with Gasteiger partial charge in [0.05, 0.1) is 12.7 Å². The minimum Gasteiger partial charge on any atom is -0.465 e. The fourth-order valence-corrected chi connectivity index (χ4v) is 1.33. The predicted molar refractivity (Wildman–Crippen MR) is 49.1 cm³/mol. The van der Waals surface area contributed by atoms with Gasteiger partial charge in [-0.2, -0.15) is 0 Å². The number of aryl methyl sites for hydroxylation is 1. The van der Waals surface area contributed by atoms with Crippen molar-refractivity contribution in [3.8, 4) is 0 Å². The van der Waals surface area contributed by atoms with E-state index in [1.54, 1.807) is 22.9 Å². The van der Waals surface area contributed by atoms with Crippen LogP contribution >= 0.6 is 0 Å². The standard InChI is InChI=1S/C9H9N3O2/c1-6-3-7(9(13)14-2)4-8-11-10-5-12(6)8/h3-5H,1-2H3. The average molecular weight is 191 g/mol. The van der Waals surface area contributed by atoms with Crippen LogP contribution in [-0.4, -0.2) is 27.7 Å². The predicted octanol–water partition coefficient (Wildman–Crippen LogP) is 0.824. The molecule has 0 amide bonds. The van der Waals surface area contributed by atoms with Gasteiger partial charge < -0.3 is 4.74 Å². The maximum absolute atomic E-state index is 11.3. The van der Waals surface area contributed by atoms with E-state index in [-0.39, 0.29) is 5.97 Å². The van der Waals surface area contributed by atoms with Gasteiger partial charge >= 0.3 is 5.97 Å².